The highest BCUT2D eigenvalue weighted by Crippen LogP contribution is 2.19. The van der Waals surface area contributed by atoms with Gasteiger partial charge in [-0.25, -0.2) is 0 Å². The summed E-state index contributed by atoms with van der Waals surface area (Å²) >= 11 is 0. The second-order valence-corrected chi connectivity index (χ2v) is 2.19. The number of hydrogen-bond donors (Lipinski definition) is 0. The molecule has 0 atom stereocenters. The monoisotopic (exact) mass is 85.0 g/mol. The third-order valence-corrected chi connectivity index (χ3v) is 1.57. The van der Waals surface area contributed by atoms with Crippen LogP contribution in [0.4, 0.5) is 0 Å². The summed E-state index contributed by atoms with van der Waals surface area (Å²) in [6, 6.07) is 0. The molecule has 0 spiro atoms. The summed E-state index contributed by atoms with van der Waals surface area (Å²) < 4.78 is 0. The lowest BCUT2D eigenvalue weighted by atomic mass is 10.5. The van der Waals surface area contributed by atoms with Crippen LogP contribution in [0.1, 0.15) is 6.42 Å². The molecule has 0 aromatic carbocycles. The number of hydrogen-bond acceptors (Lipinski definition) is 0. The Labute approximate surface area is 34.1 Å². The Kier molecular flexibility index (Phi) is 1.05. The molecule has 0 nitrogen and oxygen atoms in total. The van der Waals surface area contributed by atoms with Crippen molar-refractivity contribution in [1.29, 1.82) is 0 Å². The zero-order valence-corrected chi connectivity index (χ0v) is 3.91. The number of rotatable bonds is 0. The van der Waals surface area contributed by atoms with Crippen LogP contribution in [-0.4, -0.2) is 6.16 Å². The van der Waals surface area contributed by atoms with Crippen LogP contribution in [0.5, 0.6) is 0 Å². The van der Waals surface area contributed by atoms with Gasteiger partial charge in [0.05, 0.1) is 0 Å². The predicted octanol–water partition coefficient (Wildman–Crippen LogP) is 1.85. The van der Waals surface area contributed by atoms with Gasteiger partial charge < -0.3 is 0 Å². The SMILES string of the molecule is C1=C[P]CC1. The van der Waals surface area contributed by atoms with E-state index in [1.165, 1.54) is 21.2 Å². The smallest absolute Gasteiger partial charge is 0.0215 e. The van der Waals surface area contributed by atoms with Gasteiger partial charge in [0.2, 0.25) is 0 Å². The van der Waals surface area contributed by atoms with Crippen LogP contribution in [-0.2, 0) is 0 Å². The minimum absolute atomic E-state index is 1.31. The molecule has 1 aliphatic rings. The van der Waals surface area contributed by atoms with E-state index in [0.717, 1.165) is 0 Å². The number of allylic oxidation sites excluding steroid dienone is 1. The summed E-state index contributed by atoms with van der Waals surface area (Å²) in [4.78, 5) is 0. The van der Waals surface area contributed by atoms with Gasteiger partial charge in [-0.3, -0.25) is 0 Å². The molecule has 1 radical (unpaired) electrons. The van der Waals surface area contributed by atoms with Gasteiger partial charge in [-0.1, -0.05) is 20.5 Å². The van der Waals surface area contributed by atoms with Gasteiger partial charge in [-0.05, 0) is 12.6 Å². The van der Waals surface area contributed by atoms with Crippen molar-refractivity contribution in [1.82, 2.24) is 0 Å². The summed E-state index contributed by atoms with van der Waals surface area (Å²) in [6.45, 7) is 0. The lowest BCUT2D eigenvalue weighted by molar-refractivity contribution is 1.27. The van der Waals surface area contributed by atoms with Crippen LogP contribution in [0.3, 0.4) is 0 Å². The summed E-state index contributed by atoms with van der Waals surface area (Å²) in [6.07, 6.45) is 4.89. The standard InChI is InChI=1S/C4H6P/c1-2-4-5-3-1/h1,3H,2,4H2. The highest BCUT2D eigenvalue weighted by molar-refractivity contribution is 7.42. The van der Waals surface area contributed by atoms with Crippen molar-refractivity contribution < 1.29 is 0 Å². The fraction of sp³-hybridized carbons (Fsp3) is 0.500. The molecule has 1 rings (SSSR count). The summed E-state index contributed by atoms with van der Waals surface area (Å²) in [5.74, 6) is 2.21. The van der Waals surface area contributed by atoms with E-state index in [1.807, 2.05) is 0 Å². The van der Waals surface area contributed by atoms with Crippen molar-refractivity contribution in [3.63, 3.8) is 0 Å². The van der Waals surface area contributed by atoms with E-state index >= 15 is 0 Å². The van der Waals surface area contributed by atoms with Crippen molar-refractivity contribution in [2.45, 2.75) is 6.42 Å². The normalized spacial score (nSPS) is 25.6. The fourth-order valence-corrected chi connectivity index (χ4v) is 1.12. The van der Waals surface area contributed by atoms with Crippen LogP contribution in [0.25, 0.3) is 0 Å². The zero-order valence-electron chi connectivity index (χ0n) is 3.02. The van der Waals surface area contributed by atoms with E-state index < -0.39 is 0 Å². The third kappa shape index (κ3) is 0.735. The third-order valence-electron chi connectivity index (χ3n) is 0.636. The van der Waals surface area contributed by atoms with E-state index in [1.54, 1.807) is 0 Å². The fourth-order valence-electron chi connectivity index (χ4n) is 0.373. The first-order chi connectivity index (χ1) is 2.50. The Morgan fingerprint density at radius 3 is 2.80 bits per heavy atom. The lowest BCUT2D eigenvalue weighted by Gasteiger charge is -1.68. The average Bonchev–Trinajstić information content (AvgIpc) is 1.76. The van der Waals surface area contributed by atoms with Crippen molar-refractivity contribution in [3.8, 4) is 0 Å². The Morgan fingerprint density at radius 1 is 1.60 bits per heavy atom. The molecular weight excluding hydrogens is 79.0 g/mol. The minimum atomic E-state index is 1.31. The van der Waals surface area contributed by atoms with E-state index in [0.29, 0.717) is 0 Å². The second kappa shape index (κ2) is 1.57. The second-order valence-electron chi connectivity index (χ2n) is 1.08. The van der Waals surface area contributed by atoms with Gasteiger partial charge in [0.1, 0.15) is 0 Å². The largest absolute Gasteiger partial charge is 0.0833 e. The van der Waals surface area contributed by atoms with Gasteiger partial charge in [-0.15, -0.1) is 0 Å². The Morgan fingerprint density at radius 2 is 2.60 bits per heavy atom. The molecule has 1 aliphatic heterocycles. The molecule has 0 saturated carbocycles. The van der Waals surface area contributed by atoms with Crippen LogP contribution in [0.2, 0.25) is 0 Å². The summed E-state index contributed by atoms with van der Waals surface area (Å²) in [7, 11) is 1.51. The minimum Gasteiger partial charge on any atom is -0.0833 e. The van der Waals surface area contributed by atoms with Crippen LogP contribution >= 0.6 is 8.58 Å². The van der Waals surface area contributed by atoms with E-state index in [2.05, 4.69) is 11.9 Å². The van der Waals surface area contributed by atoms with Crippen LogP contribution < -0.4 is 0 Å². The van der Waals surface area contributed by atoms with Crippen molar-refractivity contribution in [2.24, 2.45) is 0 Å². The van der Waals surface area contributed by atoms with Crippen LogP contribution in [0.15, 0.2) is 11.9 Å². The van der Waals surface area contributed by atoms with Crippen molar-refractivity contribution >= 4 is 8.58 Å². The molecule has 1 heterocycles. The molecule has 0 saturated heterocycles. The summed E-state index contributed by atoms with van der Waals surface area (Å²) in [5.41, 5.74) is 0. The molecule has 5 heavy (non-hydrogen) atoms. The lowest BCUT2D eigenvalue weighted by Crippen LogP contribution is -1.54. The van der Waals surface area contributed by atoms with E-state index in [-0.39, 0.29) is 0 Å². The maximum Gasteiger partial charge on any atom is -0.0215 e. The highest BCUT2D eigenvalue weighted by Gasteiger charge is 1.85. The first-order valence-electron chi connectivity index (χ1n) is 1.82. The van der Waals surface area contributed by atoms with Gasteiger partial charge in [0.25, 0.3) is 0 Å². The first kappa shape index (κ1) is 3.36. The Bertz CT molecular complexity index is 41.6. The zero-order chi connectivity index (χ0) is 3.54. The molecular formula is C4H6P. The first-order valence-corrected chi connectivity index (χ1v) is 2.96. The molecule has 0 aliphatic carbocycles. The van der Waals surface area contributed by atoms with Crippen LogP contribution in [0, 0.1) is 0 Å². The van der Waals surface area contributed by atoms with Crippen molar-refractivity contribution in [3.05, 3.63) is 11.9 Å². The predicted molar refractivity (Wildman–Crippen MR) is 25.5 cm³/mol. The maximum atomic E-state index is 2.22. The highest BCUT2D eigenvalue weighted by atomic mass is 31.1. The maximum absolute atomic E-state index is 2.22. The van der Waals surface area contributed by atoms with Gasteiger partial charge >= 0.3 is 0 Å². The molecule has 0 N–H and O–H groups in total. The molecule has 0 fully saturated rings. The molecule has 0 aromatic heterocycles. The topological polar surface area (TPSA) is 0 Å². The van der Waals surface area contributed by atoms with Gasteiger partial charge in [-0.2, -0.15) is 0 Å². The Hall–Kier alpha value is 0.170. The van der Waals surface area contributed by atoms with Crippen molar-refractivity contribution in [2.75, 3.05) is 6.16 Å². The van der Waals surface area contributed by atoms with E-state index in [9.17, 15) is 0 Å². The summed E-state index contributed by atoms with van der Waals surface area (Å²) in [5, 5.41) is 0. The molecule has 0 bridgehead atoms. The van der Waals surface area contributed by atoms with Gasteiger partial charge in [0, 0.05) is 0 Å². The molecule has 1 heteroatoms. The van der Waals surface area contributed by atoms with E-state index in [4.69, 9.17) is 0 Å². The molecule has 27 valence electrons. The Balaban J connectivity index is 2.32. The molecule has 0 aromatic rings. The molecule has 0 unspecified atom stereocenters. The molecule has 0 amide bonds. The average molecular weight is 85.1 g/mol. The van der Waals surface area contributed by atoms with Gasteiger partial charge in [0.15, 0.2) is 0 Å². The quantitative estimate of drug-likeness (QED) is 0.394.